The number of rotatable bonds is 3. The molecule has 24 heavy (non-hydrogen) atoms. The molecule has 0 bridgehead atoms. The first-order valence-electron chi connectivity index (χ1n) is 8.62. The molecule has 1 saturated carbocycles. The van der Waals surface area contributed by atoms with Crippen LogP contribution < -0.4 is 0 Å². The molecule has 1 aromatic rings. The lowest BCUT2D eigenvalue weighted by atomic mass is 10.1. The van der Waals surface area contributed by atoms with Gasteiger partial charge in [-0.05, 0) is 25.7 Å². The van der Waals surface area contributed by atoms with Crippen molar-refractivity contribution in [2.75, 3.05) is 27.2 Å². The summed E-state index contributed by atoms with van der Waals surface area (Å²) < 4.78 is 6.34. The lowest BCUT2D eigenvalue weighted by molar-refractivity contribution is 0.0593. The lowest BCUT2D eigenvalue weighted by Gasteiger charge is -2.37. The maximum Gasteiger partial charge on any atom is 0.360 e. The number of amides is 2. The third-order valence-corrected chi connectivity index (χ3v) is 5.12. The summed E-state index contributed by atoms with van der Waals surface area (Å²) in [5, 5.41) is 7.89. The minimum absolute atomic E-state index is 0.0468. The second kappa shape index (κ2) is 7.19. The van der Waals surface area contributed by atoms with Crippen LogP contribution >= 0.6 is 0 Å². The van der Waals surface area contributed by atoms with Gasteiger partial charge in [-0.15, -0.1) is 5.10 Å². The average molecular weight is 335 g/mol. The minimum atomic E-state index is -0.494. The summed E-state index contributed by atoms with van der Waals surface area (Å²) in [7, 11) is 3.23. The van der Waals surface area contributed by atoms with Crippen molar-refractivity contribution >= 4 is 12.0 Å². The SMILES string of the molecule is COC(=O)c1cn([C@@H]2CCCN(C(=O)N(C)C3CCCC3)C2)nn1. The quantitative estimate of drug-likeness (QED) is 0.785. The van der Waals surface area contributed by atoms with E-state index in [-0.39, 0.29) is 17.8 Å². The highest BCUT2D eigenvalue weighted by Crippen LogP contribution is 2.26. The molecular weight excluding hydrogens is 310 g/mol. The first kappa shape index (κ1) is 16.7. The molecule has 0 radical (unpaired) electrons. The van der Waals surface area contributed by atoms with Gasteiger partial charge in [-0.1, -0.05) is 18.1 Å². The Morgan fingerprint density at radius 2 is 2.00 bits per heavy atom. The van der Waals surface area contributed by atoms with E-state index in [9.17, 15) is 9.59 Å². The molecule has 0 N–H and O–H groups in total. The third-order valence-electron chi connectivity index (χ3n) is 5.12. The van der Waals surface area contributed by atoms with Crippen molar-refractivity contribution in [1.82, 2.24) is 24.8 Å². The Kier molecular flexibility index (Phi) is 5.01. The maximum atomic E-state index is 12.8. The fraction of sp³-hybridized carbons (Fsp3) is 0.750. The first-order chi connectivity index (χ1) is 11.6. The Balaban J connectivity index is 1.64. The van der Waals surface area contributed by atoms with E-state index in [1.165, 1.54) is 20.0 Å². The zero-order valence-electron chi connectivity index (χ0n) is 14.3. The summed E-state index contributed by atoms with van der Waals surface area (Å²) in [6.45, 7) is 1.37. The number of ether oxygens (including phenoxy) is 1. The molecular formula is C16H25N5O3. The molecule has 2 aliphatic rings. The molecule has 8 nitrogen and oxygen atoms in total. The van der Waals surface area contributed by atoms with Crippen LogP contribution in [0.1, 0.15) is 55.1 Å². The largest absolute Gasteiger partial charge is 0.464 e. The molecule has 0 spiro atoms. The van der Waals surface area contributed by atoms with E-state index in [0.717, 1.165) is 32.2 Å². The van der Waals surface area contributed by atoms with Crippen LogP contribution in [0.15, 0.2) is 6.20 Å². The molecule has 1 aliphatic heterocycles. The molecule has 1 aromatic heterocycles. The Morgan fingerprint density at radius 3 is 2.71 bits per heavy atom. The zero-order valence-corrected chi connectivity index (χ0v) is 14.3. The highest BCUT2D eigenvalue weighted by atomic mass is 16.5. The molecule has 2 amide bonds. The Labute approximate surface area is 141 Å². The number of nitrogens with zero attached hydrogens (tertiary/aromatic N) is 5. The molecule has 1 aliphatic carbocycles. The van der Waals surface area contributed by atoms with Crippen molar-refractivity contribution in [2.45, 2.75) is 50.6 Å². The van der Waals surface area contributed by atoms with Gasteiger partial charge in [0, 0.05) is 26.2 Å². The number of carbonyl (C=O) groups excluding carboxylic acids is 2. The number of esters is 1. The van der Waals surface area contributed by atoms with Gasteiger partial charge in [-0.25, -0.2) is 14.3 Å². The number of urea groups is 1. The molecule has 1 atom stereocenters. The fourth-order valence-corrected chi connectivity index (χ4v) is 3.67. The summed E-state index contributed by atoms with van der Waals surface area (Å²) in [5.74, 6) is -0.494. The van der Waals surface area contributed by atoms with Gasteiger partial charge in [-0.3, -0.25) is 0 Å². The predicted octanol–water partition coefficient (Wildman–Crippen LogP) is 1.70. The molecule has 8 heteroatoms. The Hall–Kier alpha value is -2.12. The molecule has 2 fully saturated rings. The van der Waals surface area contributed by atoms with Gasteiger partial charge in [0.25, 0.3) is 0 Å². The number of methoxy groups -OCH3 is 1. The van der Waals surface area contributed by atoms with E-state index < -0.39 is 5.97 Å². The van der Waals surface area contributed by atoms with E-state index in [1.54, 1.807) is 10.9 Å². The smallest absolute Gasteiger partial charge is 0.360 e. The van der Waals surface area contributed by atoms with Crippen molar-refractivity contribution < 1.29 is 14.3 Å². The summed E-state index contributed by atoms with van der Waals surface area (Å²) in [6, 6.07) is 0.515. The monoisotopic (exact) mass is 335 g/mol. The third kappa shape index (κ3) is 3.37. The van der Waals surface area contributed by atoms with Gasteiger partial charge < -0.3 is 14.5 Å². The van der Waals surface area contributed by atoms with Gasteiger partial charge in [0.2, 0.25) is 0 Å². The highest BCUT2D eigenvalue weighted by Gasteiger charge is 2.31. The molecule has 0 unspecified atom stereocenters. The van der Waals surface area contributed by atoms with Crippen molar-refractivity contribution in [1.29, 1.82) is 0 Å². The first-order valence-corrected chi connectivity index (χ1v) is 8.62. The number of aromatic nitrogens is 3. The average Bonchev–Trinajstić information content (AvgIpc) is 3.31. The molecule has 2 heterocycles. The van der Waals surface area contributed by atoms with E-state index in [0.29, 0.717) is 12.6 Å². The summed E-state index contributed by atoms with van der Waals surface area (Å²) in [4.78, 5) is 28.1. The van der Waals surface area contributed by atoms with Crippen molar-refractivity contribution in [2.24, 2.45) is 0 Å². The van der Waals surface area contributed by atoms with Crippen LogP contribution in [-0.4, -0.2) is 70.1 Å². The number of hydrogen-bond donors (Lipinski definition) is 0. The highest BCUT2D eigenvalue weighted by molar-refractivity contribution is 5.86. The molecule has 0 aromatic carbocycles. The van der Waals surface area contributed by atoms with Gasteiger partial charge in [-0.2, -0.15) is 0 Å². The summed E-state index contributed by atoms with van der Waals surface area (Å²) >= 11 is 0. The maximum absolute atomic E-state index is 12.8. The van der Waals surface area contributed by atoms with Crippen LogP contribution in [-0.2, 0) is 4.74 Å². The van der Waals surface area contributed by atoms with E-state index in [2.05, 4.69) is 15.0 Å². The minimum Gasteiger partial charge on any atom is -0.464 e. The topological polar surface area (TPSA) is 80.6 Å². The van der Waals surface area contributed by atoms with Gasteiger partial charge in [0.05, 0.1) is 19.3 Å². The van der Waals surface area contributed by atoms with Crippen LogP contribution in [0.25, 0.3) is 0 Å². The van der Waals surface area contributed by atoms with Gasteiger partial charge >= 0.3 is 12.0 Å². The number of carbonyl (C=O) groups is 2. The predicted molar refractivity (Wildman–Crippen MR) is 86.6 cm³/mol. The summed E-state index contributed by atoms with van der Waals surface area (Å²) in [5.41, 5.74) is 0.198. The second-order valence-electron chi connectivity index (χ2n) is 6.65. The van der Waals surface area contributed by atoms with Crippen molar-refractivity contribution in [3.63, 3.8) is 0 Å². The number of hydrogen-bond acceptors (Lipinski definition) is 5. The van der Waals surface area contributed by atoms with Crippen LogP contribution in [0, 0.1) is 0 Å². The zero-order chi connectivity index (χ0) is 17.1. The van der Waals surface area contributed by atoms with Crippen LogP contribution in [0.3, 0.4) is 0 Å². The Bertz CT molecular complexity index is 596. The van der Waals surface area contributed by atoms with E-state index in [4.69, 9.17) is 0 Å². The fourth-order valence-electron chi connectivity index (χ4n) is 3.67. The van der Waals surface area contributed by atoms with Crippen molar-refractivity contribution in [3.8, 4) is 0 Å². The van der Waals surface area contributed by atoms with Gasteiger partial charge in [0.15, 0.2) is 5.69 Å². The Morgan fingerprint density at radius 1 is 1.25 bits per heavy atom. The van der Waals surface area contributed by atoms with Crippen LogP contribution in [0.2, 0.25) is 0 Å². The molecule has 3 rings (SSSR count). The van der Waals surface area contributed by atoms with Crippen molar-refractivity contribution in [3.05, 3.63) is 11.9 Å². The molecule has 1 saturated heterocycles. The van der Waals surface area contributed by atoms with E-state index >= 15 is 0 Å². The normalized spacial score (nSPS) is 21.8. The second-order valence-corrected chi connectivity index (χ2v) is 6.65. The van der Waals surface area contributed by atoms with Gasteiger partial charge in [0.1, 0.15) is 0 Å². The lowest BCUT2D eigenvalue weighted by Crippen LogP contribution is -2.49. The standard InChI is InChI=1S/C16H25N5O3/c1-19(12-6-3-4-7-12)16(23)20-9-5-8-13(10-20)21-11-14(17-18-21)15(22)24-2/h11-13H,3-10H2,1-2H3/t13-/m1/s1. The molecule has 132 valence electrons. The number of likely N-dealkylation sites (tertiary alicyclic amines) is 1. The summed E-state index contributed by atoms with van der Waals surface area (Å²) in [6.07, 6.45) is 8.06. The number of piperidine rings is 1. The van der Waals surface area contributed by atoms with E-state index in [1.807, 2.05) is 16.8 Å². The van der Waals surface area contributed by atoms with Crippen LogP contribution in [0.4, 0.5) is 4.79 Å². The van der Waals surface area contributed by atoms with Crippen LogP contribution in [0.5, 0.6) is 0 Å².